The molecule has 1 aliphatic heterocycles. The third-order valence-electron chi connectivity index (χ3n) is 3.45. The van der Waals surface area contributed by atoms with Gasteiger partial charge in [0.05, 0.1) is 19.4 Å². The molecule has 0 fully saturated rings. The van der Waals surface area contributed by atoms with Crippen LogP contribution in [0.5, 0.6) is 0 Å². The number of carbonyl (C=O) groups excluding carboxylic acids is 2. The molecule has 5 nitrogen and oxygen atoms in total. The fourth-order valence-corrected chi connectivity index (χ4v) is 2.47. The molecular weight excluding hydrogens is 303 g/mol. The first-order chi connectivity index (χ1) is 10.3. The summed E-state index contributed by atoms with van der Waals surface area (Å²) in [6, 6.07) is 0.471. The number of nitrogens with zero attached hydrogens (tertiary/aromatic N) is 1. The highest BCUT2D eigenvalue weighted by Crippen LogP contribution is 2.38. The molecule has 0 aromatic carbocycles. The molecule has 0 unspecified atom stereocenters. The maximum Gasteiger partial charge on any atom is 0.471 e. The first-order valence-electron chi connectivity index (χ1n) is 6.46. The van der Waals surface area contributed by atoms with Gasteiger partial charge in [0.15, 0.2) is 0 Å². The second-order valence-corrected chi connectivity index (χ2v) is 4.88. The zero-order valence-electron chi connectivity index (χ0n) is 11.8. The standard InChI is InChI=1S/C14H14F3NO4/c1-8-5-6-9(12(19)21-2)18(13(20)14(15,16)17)11(8)10-4-3-7-22-10/h3-9,11H,1-2H3/t8-,9+,11-/m0/s1. The van der Waals surface area contributed by atoms with Crippen molar-refractivity contribution in [2.45, 2.75) is 25.2 Å². The highest BCUT2D eigenvalue weighted by molar-refractivity contribution is 5.89. The molecule has 1 aliphatic rings. The fraction of sp³-hybridized carbons (Fsp3) is 0.429. The van der Waals surface area contributed by atoms with Gasteiger partial charge in [-0.15, -0.1) is 0 Å². The number of methoxy groups -OCH3 is 1. The van der Waals surface area contributed by atoms with E-state index in [-0.39, 0.29) is 5.76 Å². The molecular formula is C14H14F3NO4. The largest absolute Gasteiger partial charge is 0.471 e. The first-order valence-corrected chi connectivity index (χ1v) is 6.46. The van der Waals surface area contributed by atoms with E-state index in [1.807, 2.05) is 0 Å². The molecule has 2 rings (SSSR count). The molecule has 120 valence electrons. The molecule has 22 heavy (non-hydrogen) atoms. The van der Waals surface area contributed by atoms with Crippen molar-refractivity contribution >= 4 is 11.9 Å². The topological polar surface area (TPSA) is 59.8 Å². The molecule has 0 spiro atoms. The number of furan rings is 1. The maximum atomic E-state index is 12.9. The van der Waals surface area contributed by atoms with Crippen molar-refractivity contribution < 1.29 is 31.9 Å². The number of hydrogen-bond donors (Lipinski definition) is 0. The van der Waals surface area contributed by atoms with E-state index in [0.29, 0.717) is 4.90 Å². The Balaban J connectivity index is 2.51. The van der Waals surface area contributed by atoms with Crippen LogP contribution in [0.15, 0.2) is 35.0 Å². The summed E-state index contributed by atoms with van der Waals surface area (Å²) in [5.41, 5.74) is 0. The van der Waals surface area contributed by atoms with Gasteiger partial charge in [0.2, 0.25) is 0 Å². The summed E-state index contributed by atoms with van der Waals surface area (Å²) in [5.74, 6) is -3.35. The molecule has 1 amide bonds. The van der Waals surface area contributed by atoms with Gasteiger partial charge in [-0.05, 0) is 12.1 Å². The Kier molecular flexibility index (Phi) is 4.30. The van der Waals surface area contributed by atoms with Crippen molar-refractivity contribution in [1.29, 1.82) is 0 Å². The van der Waals surface area contributed by atoms with Gasteiger partial charge in [-0.2, -0.15) is 13.2 Å². The normalized spacial score (nSPS) is 25.1. The Hall–Kier alpha value is -2.25. The molecule has 0 radical (unpaired) electrons. The molecule has 0 bridgehead atoms. The van der Waals surface area contributed by atoms with Gasteiger partial charge >= 0.3 is 18.1 Å². The van der Waals surface area contributed by atoms with Gasteiger partial charge in [0, 0.05) is 5.92 Å². The maximum absolute atomic E-state index is 12.9. The van der Waals surface area contributed by atoms with Crippen LogP contribution < -0.4 is 0 Å². The van der Waals surface area contributed by atoms with Crippen LogP contribution in [0.1, 0.15) is 18.7 Å². The first kappa shape index (κ1) is 16.1. The fourth-order valence-electron chi connectivity index (χ4n) is 2.47. The number of rotatable bonds is 2. The molecule has 0 saturated carbocycles. The van der Waals surface area contributed by atoms with E-state index < -0.39 is 36.1 Å². The van der Waals surface area contributed by atoms with Crippen molar-refractivity contribution in [2.75, 3.05) is 7.11 Å². The van der Waals surface area contributed by atoms with Crippen LogP contribution in [-0.2, 0) is 14.3 Å². The lowest BCUT2D eigenvalue weighted by atomic mass is 9.90. The molecule has 1 aromatic rings. The third-order valence-corrected chi connectivity index (χ3v) is 3.45. The van der Waals surface area contributed by atoms with E-state index in [1.165, 1.54) is 24.5 Å². The monoisotopic (exact) mass is 317 g/mol. The number of halogens is 3. The molecule has 8 heteroatoms. The number of hydrogen-bond acceptors (Lipinski definition) is 4. The summed E-state index contributed by atoms with van der Waals surface area (Å²) in [6.45, 7) is 1.63. The van der Waals surface area contributed by atoms with Crippen LogP contribution in [0.3, 0.4) is 0 Å². The summed E-state index contributed by atoms with van der Waals surface area (Å²) in [5, 5.41) is 0. The van der Waals surface area contributed by atoms with Gasteiger partial charge in [-0.25, -0.2) is 4.79 Å². The van der Waals surface area contributed by atoms with E-state index in [4.69, 9.17) is 4.42 Å². The lowest BCUT2D eigenvalue weighted by Gasteiger charge is -2.40. The predicted octanol–water partition coefficient (Wildman–Crippen LogP) is 2.46. The van der Waals surface area contributed by atoms with Crippen LogP contribution in [0, 0.1) is 5.92 Å². The Morgan fingerprint density at radius 2 is 2.00 bits per heavy atom. The molecule has 1 aromatic heterocycles. The smallest absolute Gasteiger partial charge is 0.467 e. The van der Waals surface area contributed by atoms with Gasteiger partial charge in [-0.1, -0.05) is 19.1 Å². The molecule has 0 saturated heterocycles. The van der Waals surface area contributed by atoms with Crippen LogP contribution in [-0.4, -0.2) is 36.1 Å². The van der Waals surface area contributed by atoms with Gasteiger partial charge < -0.3 is 14.1 Å². The summed E-state index contributed by atoms with van der Waals surface area (Å²) in [7, 11) is 1.05. The van der Waals surface area contributed by atoms with E-state index in [0.717, 1.165) is 7.11 Å². The molecule has 0 N–H and O–H groups in total. The van der Waals surface area contributed by atoms with Gasteiger partial charge in [-0.3, -0.25) is 4.79 Å². The Bertz CT molecular complexity index is 579. The summed E-state index contributed by atoms with van der Waals surface area (Å²) in [4.78, 5) is 24.1. The lowest BCUT2D eigenvalue weighted by Crippen LogP contribution is -2.54. The van der Waals surface area contributed by atoms with E-state index in [9.17, 15) is 22.8 Å². The summed E-state index contributed by atoms with van der Waals surface area (Å²) in [6.07, 6.45) is -1.01. The zero-order valence-corrected chi connectivity index (χ0v) is 11.8. The average molecular weight is 317 g/mol. The lowest BCUT2D eigenvalue weighted by molar-refractivity contribution is -0.193. The molecule has 2 heterocycles. The molecule has 3 atom stereocenters. The van der Waals surface area contributed by atoms with Crippen LogP contribution in [0.25, 0.3) is 0 Å². The molecule has 0 aliphatic carbocycles. The number of esters is 1. The quantitative estimate of drug-likeness (QED) is 0.621. The van der Waals surface area contributed by atoms with Crippen molar-refractivity contribution in [3.05, 3.63) is 36.3 Å². The van der Waals surface area contributed by atoms with Gasteiger partial charge in [0.25, 0.3) is 0 Å². The Morgan fingerprint density at radius 3 is 2.50 bits per heavy atom. The Labute approximate surface area is 124 Å². The van der Waals surface area contributed by atoms with Crippen LogP contribution >= 0.6 is 0 Å². The summed E-state index contributed by atoms with van der Waals surface area (Å²) < 4.78 is 48.4. The number of ether oxygens (including phenoxy) is 1. The second-order valence-electron chi connectivity index (χ2n) is 4.88. The second kappa shape index (κ2) is 5.86. The van der Waals surface area contributed by atoms with Crippen molar-refractivity contribution in [3.63, 3.8) is 0 Å². The summed E-state index contributed by atoms with van der Waals surface area (Å²) >= 11 is 0. The predicted molar refractivity (Wildman–Crippen MR) is 68.5 cm³/mol. The Morgan fingerprint density at radius 1 is 1.32 bits per heavy atom. The average Bonchev–Trinajstić information content (AvgIpc) is 2.98. The van der Waals surface area contributed by atoms with E-state index in [2.05, 4.69) is 4.74 Å². The highest BCUT2D eigenvalue weighted by atomic mass is 19.4. The minimum absolute atomic E-state index is 0.170. The zero-order chi connectivity index (χ0) is 16.5. The van der Waals surface area contributed by atoms with Crippen molar-refractivity contribution in [1.82, 2.24) is 4.90 Å². The van der Waals surface area contributed by atoms with Crippen LogP contribution in [0.2, 0.25) is 0 Å². The minimum Gasteiger partial charge on any atom is -0.467 e. The van der Waals surface area contributed by atoms with Crippen molar-refractivity contribution in [2.24, 2.45) is 5.92 Å². The van der Waals surface area contributed by atoms with E-state index in [1.54, 1.807) is 13.0 Å². The van der Waals surface area contributed by atoms with Crippen LogP contribution in [0.4, 0.5) is 13.2 Å². The SMILES string of the molecule is COC(=O)[C@H]1C=C[C@H](C)[C@@H](c2ccco2)N1C(=O)C(F)(F)F. The minimum atomic E-state index is -5.11. The van der Waals surface area contributed by atoms with Gasteiger partial charge in [0.1, 0.15) is 11.8 Å². The highest BCUT2D eigenvalue weighted by Gasteiger charge is 2.51. The number of alkyl halides is 3. The number of amides is 1. The third kappa shape index (κ3) is 2.86. The van der Waals surface area contributed by atoms with E-state index >= 15 is 0 Å². The number of carbonyl (C=O) groups is 2. The van der Waals surface area contributed by atoms with Crippen molar-refractivity contribution in [3.8, 4) is 0 Å².